The summed E-state index contributed by atoms with van der Waals surface area (Å²) in [4.78, 5) is 0. The summed E-state index contributed by atoms with van der Waals surface area (Å²) >= 11 is 0. The Bertz CT molecular complexity index is 738. The molecule has 0 saturated heterocycles. The smallest absolute Gasteiger partial charge is 0.128 e. The maximum atomic E-state index is 6.50. The Hall–Kier alpha value is -1.24. The molecule has 2 bridgehead atoms. The first-order valence-corrected chi connectivity index (χ1v) is 10.3. The molecular weight excluding hydrogens is 316 g/mol. The predicted octanol–water partition coefficient (Wildman–Crippen LogP) is 7.22. The highest BCUT2D eigenvalue weighted by molar-refractivity contribution is 5.79. The monoisotopic (exact) mass is 354 g/mol. The van der Waals surface area contributed by atoms with Crippen molar-refractivity contribution in [2.24, 2.45) is 16.2 Å². The van der Waals surface area contributed by atoms with Gasteiger partial charge >= 0.3 is 0 Å². The fourth-order valence-corrected chi connectivity index (χ4v) is 4.61. The maximum absolute atomic E-state index is 6.50. The lowest BCUT2D eigenvalue weighted by Gasteiger charge is -2.38. The minimum atomic E-state index is -0.253. The number of hydrogen-bond donors (Lipinski definition) is 0. The van der Waals surface area contributed by atoms with Crippen molar-refractivity contribution >= 4 is 5.57 Å². The van der Waals surface area contributed by atoms with Gasteiger partial charge in [0, 0.05) is 5.56 Å². The van der Waals surface area contributed by atoms with Crippen LogP contribution < -0.4 is 4.74 Å². The first-order chi connectivity index (χ1) is 11.7. The van der Waals surface area contributed by atoms with Crippen molar-refractivity contribution < 1.29 is 4.74 Å². The molecule has 1 heteroatoms. The molecule has 0 spiro atoms. The van der Waals surface area contributed by atoms with Crippen molar-refractivity contribution in [3.63, 3.8) is 0 Å². The molecule has 2 aliphatic rings. The molecule has 1 aromatic rings. The highest BCUT2D eigenvalue weighted by Crippen LogP contribution is 2.49. The minimum Gasteiger partial charge on any atom is -0.483 e. The molecule has 1 aromatic carbocycles. The van der Waals surface area contributed by atoms with Gasteiger partial charge in [-0.3, -0.25) is 0 Å². The summed E-state index contributed by atoms with van der Waals surface area (Å²) in [6, 6.07) is 4.81. The summed E-state index contributed by atoms with van der Waals surface area (Å²) in [5, 5.41) is 0. The fraction of sp³-hybridized carbons (Fsp3) is 0.680. The van der Waals surface area contributed by atoms with E-state index < -0.39 is 0 Å². The van der Waals surface area contributed by atoms with Crippen LogP contribution in [0, 0.1) is 16.2 Å². The Morgan fingerprint density at radius 1 is 0.846 bits per heavy atom. The van der Waals surface area contributed by atoms with Crippen LogP contribution in [0.25, 0.3) is 5.57 Å². The van der Waals surface area contributed by atoms with Crippen molar-refractivity contribution in [1.82, 2.24) is 0 Å². The molecule has 1 nitrogen and oxygen atoms in total. The third-order valence-electron chi connectivity index (χ3n) is 6.02. The van der Waals surface area contributed by atoms with Crippen LogP contribution in [0.3, 0.4) is 0 Å². The van der Waals surface area contributed by atoms with Crippen molar-refractivity contribution in [3.05, 3.63) is 34.9 Å². The van der Waals surface area contributed by atoms with E-state index in [1.807, 2.05) is 0 Å². The Labute approximate surface area is 161 Å². The zero-order valence-corrected chi connectivity index (χ0v) is 18.5. The summed E-state index contributed by atoms with van der Waals surface area (Å²) in [6.45, 7) is 21.0. The second kappa shape index (κ2) is 5.88. The molecule has 1 aliphatic carbocycles. The number of allylic oxidation sites excluding steroid dienone is 1. The van der Waals surface area contributed by atoms with Crippen molar-refractivity contribution in [2.75, 3.05) is 0 Å². The van der Waals surface area contributed by atoms with E-state index in [0.717, 1.165) is 18.6 Å². The minimum absolute atomic E-state index is 0.107. The topological polar surface area (TPSA) is 9.23 Å². The van der Waals surface area contributed by atoms with Gasteiger partial charge in [-0.1, -0.05) is 54.5 Å². The average Bonchev–Trinajstić information content (AvgIpc) is 2.43. The second-order valence-corrected chi connectivity index (χ2v) is 11.8. The summed E-state index contributed by atoms with van der Waals surface area (Å²) < 4.78 is 6.50. The number of rotatable bonds is 0. The first kappa shape index (κ1) is 19.5. The molecule has 0 unspecified atom stereocenters. The van der Waals surface area contributed by atoms with E-state index in [1.165, 1.54) is 35.1 Å². The van der Waals surface area contributed by atoms with Gasteiger partial charge in [0.1, 0.15) is 11.4 Å². The second-order valence-electron chi connectivity index (χ2n) is 11.8. The molecule has 1 aliphatic heterocycles. The molecule has 0 radical (unpaired) electrons. The van der Waals surface area contributed by atoms with Crippen LogP contribution >= 0.6 is 0 Å². The van der Waals surface area contributed by atoms with E-state index >= 15 is 0 Å². The molecule has 0 aromatic heterocycles. The van der Waals surface area contributed by atoms with Crippen LogP contribution in [0.2, 0.25) is 0 Å². The van der Waals surface area contributed by atoms with Gasteiger partial charge in [-0.05, 0) is 84.6 Å². The Morgan fingerprint density at radius 2 is 1.42 bits per heavy atom. The summed E-state index contributed by atoms with van der Waals surface area (Å²) in [7, 11) is 0. The maximum Gasteiger partial charge on any atom is 0.128 e. The Kier molecular flexibility index (Phi) is 4.41. The van der Waals surface area contributed by atoms with Gasteiger partial charge in [0.05, 0.1) is 0 Å². The summed E-state index contributed by atoms with van der Waals surface area (Å²) in [5.74, 6) is 1.10. The lowest BCUT2D eigenvalue weighted by atomic mass is 9.73. The van der Waals surface area contributed by atoms with Crippen LogP contribution in [0.15, 0.2) is 18.2 Å². The van der Waals surface area contributed by atoms with E-state index in [9.17, 15) is 0 Å². The molecule has 0 saturated carbocycles. The molecule has 0 atom stereocenters. The molecule has 144 valence electrons. The lowest BCUT2D eigenvalue weighted by Crippen LogP contribution is -2.32. The molecule has 0 N–H and O–H groups in total. The molecule has 1 heterocycles. The zero-order valence-electron chi connectivity index (χ0n) is 18.5. The normalized spacial score (nSPS) is 23.7. The van der Waals surface area contributed by atoms with E-state index in [0.29, 0.717) is 10.8 Å². The quantitative estimate of drug-likeness (QED) is 0.478. The van der Waals surface area contributed by atoms with E-state index in [-0.39, 0.29) is 11.0 Å². The zero-order chi connectivity index (χ0) is 19.5. The van der Waals surface area contributed by atoms with Crippen LogP contribution in [0.1, 0.15) is 91.8 Å². The largest absolute Gasteiger partial charge is 0.483 e. The van der Waals surface area contributed by atoms with Crippen LogP contribution in [-0.2, 0) is 12.8 Å². The standard InChI is InChI=1S/C25H38O/c1-22(2,3)19-16-25(8,9)26-20-13-17-12-18(21(19)20)15-24(6,7)11-10-23(4,5)14-17/h12-13,16H,10-11,14-15H2,1-9H3. The lowest BCUT2D eigenvalue weighted by molar-refractivity contribution is 0.155. The molecular formula is C25H38O. The molecule has 0 amide bonds. The van der Waals surface area contributed by atoms with Crippen LogP contribution in [0.4, 0.5) is 0 Å². The predicted molar refractivity (Wildman–Crippen MR) is 113 cm³/mol. The molecule has 26 heavy (non-hydrogen) atoms. The summed E-state index contributed by atoms with van der Waals surface area (Å²) in [5.41, 5.74) is 6.23. The van der Waals surface area contributed by atoms with E-state index in [4.69, 9.17) is 4.74 Å². The average molecular weight is 355 g/mol. The van der Waals surface area contributed by atoms with Gasteiger partial charge in [-0.2, -0.15) is 0 Å². The van der Waals surface area contributed by atoms with Crippen molar-refractivity contribution in [3.8, 4) is 5.75 Å². The van der Waals surface area contributed by atoms with Crippen LogP contribution in [0.5, 0.6) is 5.75 Å². The van der Waals surface area contributed by atoms with E-state index in [2.05, 4.69) is 80.5 Å². The highest BCUT2D eigenvalue weighted by Gasteiger charge is 2.36. The van der Waals surface area contributed by atoms with Gasteiger partial charge in [-0.25, -0.2) is 0 Å². The van der Waals surface area contributed by atoms with Gasteiger partial charge < -0.3 is 4.74 Å². The first-order valence-electron chi connectivity index (χ1n) is 10.3. The third-order valence-corrected chi connectivity index (χ3v) is 6.02. The number of ether oxygens (including phenoxy) is 1. The van der Waals surface area contributed by atoms with Crippen molar-refractivity contribution in [1.29, 1.82) is 0 Å². The number of hydrogen-bond acceptors (Lipinski definition) is 1. The highest BCUT2D eigenvalue weighted by atomic mass is 16.5. The molecule has 3 rings (SSSR count). The van der Waals surface area contributed by atoms with Crippen molar-refractivity contribution in [2.45, 2.75) is 93.6 Å². The SMILES string of the molecule is CC1(C)CCC(C)(C)Cc2cc(cc3c2C(C(C)(C)C)=CC(C)(C)O3)C1. The van der Waals surface area contributed by atoms with E-state index in [1.54, 1.807) is 0 Å². The Balaban J connectivity index is 2.24. The van der Waals surface area contributed by atoms with Gasteiger partial charge in [-0.15, -0.1) is 0 Å². The van der Waals surface area contributed by atoms with Gasteiger partial charge in [0.25, 0.3) is 0 Å². The van der Waals surface area contributed by atoms with Gasteiger partial charge in [0.15, 0.2) is 0 Å². The summed E-state index contributed by atoms with van der Waals surface area (Å²) in [6.07, 6.45) is 7.15. The van der Waals surface area contributed by atoms with Crippen LogP contribution in [-0.4, -0.2) is 5.60 Å². The molecule has 0 fully saturated rings. The fourth-order valence-electron chi connectivity index (χ4n) is 4.61. The number of fused-ring (bicyclic) bond motifs is 4. The number of benzene rings is 1. The van der Waals surface area contributed by atoms with Gasteiger partial charge in [0.2, 0.25) is 0 Å². The third kappa shape index (κ3) is 4.02. The Morgan fingerprint density at radius 3 is 2.00 bits per heavy atom.